The summed E-state index contributed by atoms with van der Waals surface area (Å²) in [5.74, 6) is 1.48. The van der Waals surface area contributed by atoms with Gasteiger partial charge in [-0.25, -0.2) is 4.98 Å². The van der Waals surface area contributed by atoms with Crippen molar-refractivity contribution in [2.45, 2.75) is 6.92 Å². The van der Waals surface area contributed by atoms with E-state index in [9.17, 15) is 0 Å². The monoisotopic (exact) mass is 347 g/mol. The van der Waals surface area contributed by atoms with E-state index in [0.717, 1.165) is 34.8 Å². The minimum atomic E-state index is 0.599. The molecule has 3 aromatic rings. The summed E-state index contributed by atoms with van der Waals surface area (Å²) >= 11 is 3.39. The average molecular weight is 348 g/mol. The Labute approximate surface area is 130 Å². The van der Waals surface area contributed by atoms with E-state index in [1.807, 2.05) is 19.1 Å². The third-order valence-electron chi connectivity index (χ3n) is 2.85. The van der Waals surface area contributed by atoms with Gasteiger partial charge in [0.05, 0.1) is 11.9 Å². The fourth-order valence-electron chi connectivity index (χ4n) is 1.96. The Morgan fingerprint density at radius 2 is 2.05 bits per heavy atom. The lowest BCUT2D eigenvalue weighted by Crippen LogP contribution is -2.16. The number of aromatic nitrogens is 5. The van der Waals surface area contributed by atoms with Crippen LogP contribution in [-0.2, 0) is 0 Å². The molecule has 0 aromatic carbocycles. The van der Waals surface area contributed by atoms with Crippen molar-refractivity contribution in [3.63, 3.8) is 0 Å². The summed E-state index contributed by atoms with van der Waals surface area (Å²) in [4.78, 5) is 12.5. The number of pyridine rings is 1. The van der Waals surface area contributed by atoms with Gasteiger partial charge in [0.1, 0.15) is 12.1 Å². The Bertz CT molecular complexity index is 755. The van der Waals surface area contributed by atoms with Crippen molar-refractivity contribution in [1.82, 2.24) is 24.6 Å². The maximum Gasteiger partial charge on any atom is 0.254 e. The summed E-state index contributed by atoms with van der Waals surface area (Å²) in [6.07, 6.45) is 5.04. The molecule has 0 saturated heterocycles. The van der Waals surface area contributed by atoms with E-state index in [1.165, 1.54) is 6.33 Å². The highest BCUT2D eigenvalue weighted by atomic mass is 79.9. The molecule has 3 rings (SSSR count). The van der Waals surface area contributed by atoms with Gasteiger partial charge in [-0.1, -0.05) is 0 Å². The molecular formula is C13H14BrN7. The molecule has 0 amide bonds. The van der Waals surface area contributed by atoms with Crippen molar-refractivity contribution >= 4 is 33.2 Å². The van der Waals surface area contributed by atoms with Gasteiger partial charge in [-0.2, -0.15) is 14.6 Å². The van der Waals surface area contributed by atoms with Crippen LogP contribution in [0, 0.1) is 6.92 Å². The van der Waals surface area contributed by atoms with Crippen molar-refractivity contribution in [1.29, 1.82) is 0 Å². The maximum atomic E-state index is 4.30. The van der Waals surface area contributed by atoms with Crippen molar-refractivity contribution in [3.05, 3.63) is 41.0 Å². The van der Waals surface area contributed by atoms with Crippen molar-refractivity contribution in [2.24, 2.45) is 0 Å². The normalized spacial score (nSPS) is 10.8. The highest BCUT2D eigenvalue weighted by molar-refractivity contribution is 9.10. The number of fused-ring (bicyclic) bond motifs is 1. The van der Waals surface area contributed by atoms with E-state index < -0.39 is 0 Å². The molecule has 0 spiro atoms. The van der Waals surface area contributed by atoms with Crippen LogP contribution in [0.15, 0.2) is 35.3 Å². The second kappa shape index (κ2) is 6.04. The second-order valence-corrected chi connectivity index (χ2v) is 5.42. The number of hydrogen-bond acceptors (Lipinski definition) is 6. The summed E-state index contributed by atoms with van der Waals surface area (Å²) in [6.45, 7) is 3.44. The summed E-state index contributed by atoms with van der Waals surface area (Å²) in [6, 6.07) is 3.93. The van der Waals surface area contributed by atoms with Crippen LogP contribution in [0.4, 0.5) is 11.5 Å². The predicted octanol–water partition coefficient (Wildman–Crippen LogP) is 2.11. The first-order valence-corrected chi connectivity index (χ1v) is 7.27. The largest absolute Gasteiger partial charge is 0.382 e. The molecule has 0 aliphatic carbocycles. The highest BCUT2D eigenvalue weighted by Gasteiger charge is 2.04. The summed E-state index contributed by atoms with van der Waals surface area (Å²) in [5.41, 5.74) is 1.88. The number of nitrogens with zero attached hydrogens (tertiary/aromatic N) is 5. The van der Waals surface area contributed by atoms with Crippen LogP contribution in [0.3, 0.4) is 0 Å². The van der Waals surface area contributed by atoms with E-state index >= 15 is 0 Å². The fraction of sp³-hybridized carbons (Fsp3) is 0.231. The third kappa shape index (κ3) is 3.27. The zero-order valence-electron chi connectivity index (χ0n) is 11.4. The quantitative estimate of drug-likeness (QED) is 0.688. The molecular weight excluding hydrogens is 334 g/mol. The van der Waals surface area contributed by atoms with Gasteiger partial charge < -0.3 is 10.6 Å². The van der Waals surface area contributed by atoms with Crippen LogP contribution < -0.4 is 10.6 Å². The van der Waals surface area contributed by atoms with E-state index in [-0.39, 0.29) is 0 Å². The molecule has 3 heterocycles. The minimum absolute atomic E-state index is 0.599. The molecule has 3 aromatic heterocycles. The van der Waals surface area contributed by atoms with Crippen LogP contribution in [-0.4, -0.2) is 37.7 Å². The smallest absolute Gasteiger partial charge is 0.254 e. The van der Waals surface area contributed by atoms with Gasteiger partial charge in [0.15, 0.2) is 0 Å². The van der Waals surface area contributed by atoms with Crippen LogP contribution in [0.1, 0.15) is 5.69 Å². The van der Waals surface area contributed by atoms with E-state index in [4.69, 9.17) is 0 Å². The van der Waals surface area contributed by atoms with E-state index in [2.05, 4.69) is 46.6 Å². The van der Waals surface area contributed by atoms with Gasteiger partial charge in [0.2, 0.25) is 0 Å². The Balaban J connectivity index is 1.61. The minimum Gasteiger partial charge on any atom is -0.382 e. The van der Waals surface area contributed by atoms with Crippen LogP contribution in [0.5, 0.6) is 0 Å². The first kappa shape index (κ1) is 13.7. The Morgan fingerprint density at radius 3 is 2.90 bits per heavy atom. The summed E-state index contributed by atoms with van der Waals surface area (Å²) in [5, 5.41) is 10.8. The zero-order chi connectivity index (χ0) is 14.7. The maximum absolute atomic E-state index is 4.30. The number of aryl methyl sites for hydroxylation is 1. The molecule has 0 unspecified atom stereocenters. The lowest BCUT2D eigenvalue weighted by Gasteiger charge is -2.10. The standard InChI is InChI=1S/C13H14BrN7/c1-9-4-12(21-13(20-9)18-8-19-21)17-3-2-16-11-5-10(14)6-15-7-11/h4-8,16-17H,2-3H2,1H3. The second-order valence-electron chi connectivity index (χ2n) is 4.50. The van der Waals surface area contributed by atoms with Crippen molar-refractivity contribution in [3.8, 4) is 0 Å². The lowest BCUT2D eigenvalue weighted by molar-refractivity contribution is 0.915. The Morgan fingerprint density at radius 1 is 1.19 bits per heavy atom. The van der Waals surface area contributed by atoms with Gasteiger partial charge >= 0.3 is 0 Å². The van der Waals surface area contributed by atoms with Crippen LogP contribution in [0.2, 0.25) is 0 Å². The molecule has 21 heavy (non-hydrogen) atoms. The van der Waals surface area contributed by atoms with Gasteiger partial charge in [-0.15, -0.1) is 0 Å². The van der Waals surface area contributed by atoms with Gasteiger partial charge in [0.25, 0.3) is 5.78 Å². The number of hydrogen-bond donors (Lipinski definition) is 2. The number of anilines is 2. The number of halogens is 1. The molecule has 0 aliphatic heterocycles. The first-order valence-electron chi connectivity index (χ1n) is 6.48. The molecule has 0 radical (unpaired) electrons. The molecule has 2 N–H and O–H groups in total. The summed E-state index contributed by atoms with van der Waals surface area (Å²) in [7, 11) is 0. The van der Waals surface area contributed by atoms with E-state index in [1.54, 1.807) is 16.9 Å². The van der Waals surface area contributed by atoms with Crippen LogP contribution >= 0.6 is 15.9 Å². The third-order valence-corrected chi connectivity index (χ3v) is 3.28. The first-order chi connectivity index (χ1) is 10.2. The Kier molecular flexibility index (Phi) is 3.96. The topological polar surface area (TPSA) is 80.0 Å². The van der Waals surface area contributed by atoms with Crippen molar-refractivity contribution < 1.29 is 0 Å². The number of nitrogens with one attached hydrogen (secondary N) is 2. The van der Waals surface area contributed by atoms with E-state index in [0.29, 0.717) is 5.78 Å². The van der Waals surface area contributed by atoms with Gasteiger partial charge in [0, 0.05) is 35.5 Å². The molecule has 7 nitrogen and oxygen atoms in total. The van der Waals surface area contributed by atoms with Gasteiger partial charge in [-0.05, 0) is 28.9 Å². The Hall–Kier alpha value is -2.22. The number of rotatable bonds is 5. The average Bonchev–Trinajstić information content (AvgIpc) is 2.91. The molecule has 0 aliphatic rings. The molecule has 108 valence electrons. The van der Waals surface area contributed by atoms with Crippen LogP contribution in [0.25, 0.3) is 5.78 Å². The molecule has 0 atom stereocenters. The highest BCUT2D eigenvalue weighted by Crippen LogP contribution is 2.13. The van der Waals surface area contributed by atoms with Gasteiger partial charge in [-0.3, -0.25) is 4.98 Å². The molecule has 0 fully saturated rings. The summed E-state index contributed by atoms with van der Waals surface area (Å²) < 4.78 is 2.64. The van der Waals surface area contributed by atoms with Crippen molar-refractivity contribution in [2.75, 3.05) is 23.7 Å². The molecule has 0 saturated carbocycles. The fourth-order valence-corrected chi connectivity index (χ4v) is 2.33. The predicted molar refractivity (Wildman–Crippen MR) is 84.4 cm³/mol. The molecule has 8 heteroatoms. The molecule has 0 bridgehead atoms. The zero-order valence-corrected chi connectivity index (χ0v) is 13.0. The SMILES string of the molecule is Cc1cc(NCCNc2cncc(Br)c2)n2ncnc2n1. The lowest BCUT2D eigenvalue weighted by atomic mass is 10.4.